The van der Waals surface area contributed by atoms with Gasteiger partial charge in [0.2, 0.25) is 0 Å². The van der Waals surface area contributed by atoms with E-state index >= 15 is 0 Å². The first-order chi connectivity index (χ1) is 14.3. The van der Waals surface area contributed by atoms with E-state index in [2.05, 4.69) is 86.4 Å². The number of piperazine rings is 1. The number of hydrogen-bond acceptors (Lipinski definition) is 6. The second-order valence-electron chi connectivity index (χ2n) is 7.52. The van der Waals surface area contributed by atoms with Gasteiger partial charge in [-0.2, -0.15) is 4.98 Å². The Morgan fingerprint density at radius 3 is 2.41 bits per heavy atom. The molecule has 4 aromatic rings. The predicted octanol–water partition coefficient (Wildman–Crippen LogP) is 3.92. The lowest BCUT2D eigenvalue weighted by Crippen LogP contribution is -2.46. The molecule has 0 radical (unpaired) electrons. The summed E-state index contributed by atoms with van der Waals surface area (Å²) < 4.78 is 5.53. The normalized spacial score (nSPS) is 15.1. The van der Waals surface area contributed by atoms with Gasteiger partial charge in [-0.25, -0.2) is 4.98 Å². The summed E-state index contributed by atoms with van der Waals surface area (Å²) in [5.41, 5.74) is 4.94. The van der Waals surface area contributed by atoms with Crippen LogP contribution in [0.3, 0.4) is 0 Å². The molecule has 0 atom stereocenters. The molecule has 2 aromatic carbocycles. The van der Waals surface area contributed by atoms with Crippen molar-refractivity contribution in [2.45, 2.75) is 13.5 Å². The maximum Gasteiger partial charge on any atom is 0.263 e. The minimum absolute atomic E-state index is 0.539. The number of aromatic nitrogens is 3. The second-order valence-corrected chi connectivity index (χ2v) is 7.52. The smallest absolute Gasteiger partial charge is 0.263 e. The highest BCUT2D eigenvalue weighted by Gasteiger charge is 2.24. The third-order valence-electron chi connectivity index (χ3n) is 5.50. The van der Waals surface area contributed by atoms with E-state index in [4.69, 9.17) is 4.52 Å². The van der Waals surface area contributed by atoms with Crippen LogP contribution in [0.15, 0.2) is 65.4 Å². The Morgan fingerprint density at radius 2 is 1.66 bits per heavy atom. The summed E-state index contributed by atoms with van der Waals surface area (Å²) in [5, 5.41) is 5.20. The van der Waals surface area contributed by atoms with Gasteiger partial charge in [0, 0.05) is 38.3 Å². The number of benzene rings is 2. The minimum atomic E-state index is 0.539. The molecular weight excluding hydrogens is 362 g/mol. The van der Waals surface area contributed by atoms with E-state index in [0.29, 0.717) is 5.71 Å². The zero-order valence-electron chi connectivity index (χ0n) is 16.5. The van der Waals surface area contributed by atoms with E-state index in [-0.39, 0.29) is 0 Å². The van der Waals surface area contributed by atoms with Gasteiger partial charge in [0.05, 0.1) is 0 Å². The van der Waals surface area contributed by atoms with Crippen LogP contribution in [0.4, 0.5) is 5.82 Å². The molecule has 0 unspecified atom stereocenters. The molecule has 0 amide bonds. The predicted molar refractivity (Wildman–Crippen MR) is 114 cm³/mol. The standard InChI is InChI=1S/C23H23N5O/c1-17-7-9-19(10-8-17)21-20-22(24-16-25-23(20)29-26-21)28-13-11-27(12-14-28)15-18-5-3-2-4-6-18/h2-10,16H,11-15H2,1H3. The van der Waals surface area contributed by atoms with E-state index in [9.17, 15) is 0 Å². The van der Waals surface area contributed by atoms with Crippen molar-refractivity contribution in [3.63, 3.8) is 0 Å². The fourth-order valence-corrected chi connectivity index (χ4v) is 3.88. The average Bonchev–Trinajstić information content (AvgIpc) is 3.20. The van der Waals surface area contributed by atoms with Gasteiger partial charge in [-0.05, 0) is 12.5 Å². The van der Waals surface area contributed by atoms with Crippen LogP contribution in [-0.4, -0.2) is 46.2 Å². The highest BCUT2D eigenvalue weighted by atomic mass is 16.5. The van der Waals surface area contributed by atoms with E-state index in [1.165, 1.54) is 11.1 Å². The van der Waals surface area contributed by atoms with E-state index in [1.807, 2.05) is 0 Å². The zero-order valence-corrected chi connectivity index (χ0v) is 16.5. The van der Waals surface area contributed by atoms with Crippen molar-refractivity contribution in [3.05, 3.63) is 72.1 Å². The Bertz CT molecular complexity index is 1100. The highest BCUT2D eigenvalue weighted by molar-refractivity contribution is 5.97. The first kappa shape index (κ1) is 17.8. The van der Waals surface area contributed by atoms with E-state index in [0.717, 1.165) is 55.2 Å². The van der Waals surface area contributed by atoms with Crippen molar-refractivity contribution in [1.29, 1.82) is 0 Å². The van der Waals surface area contributed by atoms with Crippen LogP contribution < -0.4 is 4.90 Å². The molecule has 1 fully saturated rings. The van der Waals surface area contributed by atoms with E-state index in [1.54, 1.807) is 6.33 Å². The van der Waals surface area contributed by atoms with Crippen LogP contribution in [0.1, 0.15) is 11.1 Å². The number of anilines is 1. The molecule has 6 nitrogen and oxygen atoms in total. The Morgan fingerprint density at radius 1 is 0.897 bits per heavy atom. The third kappa shape index (κ3) is 3.59. The first-order valence-electron chi connectivity index (χ1n) is 9.96. The lowest BCUT2D eigenvalue weighted by molar-refractivity contribution is 0.249. The fourth-order valence-electron chi connectivity index (χ4n) is 3.88. The number of fused-ring (bicyclic) bond motifs is 1. The summed E-state index contributed by atoms with van der Waals surface area (Å²) in [6.45, 7) is 6.87. The summed E-state index contributed by atoms with van der Waals surface area (Å²) in [5.74, 6) is 0.909. The van der Waals surface area contributed by atoms with E-state index < -0.39 is 0 Å². The van der Waals surface area contributed by atoms with Crippen LogP contribution >= 0.6 is 0 Å². The van der Waals surface area contributed by atoms with Gasteiger partial charge in [-0.15, -0.1) is 0 Å². The van der Waals surface area contributed by atoms with Gasteiger partial charge in [0.25, 0.3) is 5.71 Å². The Hall–Kier alpha value is -3.25. The number of aryl methyl sites for hydroxylation is 1. The van der Waals surface area contributed by atoms with Crippen molar-refractivity contribution in [2.24, 2.45) is 0 Å². The van der Waals surface area contributed by atoms with Gasteiger partial charge in [0.1, 0.15) is 23.2 Å². The van der Waals surface area contributed by atoms with Crippen molar-refractivity contribution >= 4 is 16.9 Å². The molecule has 0 spiro atoms. The van der Waals surface area contributed by atoms with Crippen LogP contribution in [-0.2, 0) is 6.54 Å². The summed E-state index contributed by atoms with van der Waals surface area (Å²) >= 11 is 0. The van der Waals surface area contributed by atoms with Crippen molar-refractivity contribution < 1.29 is 4.52 Å². The van der Waals surface area contributed by atoms with Gasteiger partial charge >= 0.3 is 0 Å². The van der Waals surface area contributed by atoms with Crippen molar-refractivity contribution in [2.75, 3.05) is 31.1 Å². The molecule has 0 N–H and O–H groups in total. The molecule has 2 aromatic heterocycles. The quantitative estimate of drug-likeness (QED) is 0.531. The Kier molecular flexibility index (Phi) is 4.69. The summed E-state index contributed by atoms with van der Waals surface area (Å²) in [6.07, 6.45) is 1.57. The fraction of sp³-hybridized carbons (Fsp3) is 0.261. The largest absolute Gasteiger partial charge is 0.353 e. The molecule has 0 bridgehead atoms. The van der Waals surface area contributed by atoms with Gasteiger partial charge < -0.3 is 9.42 Å². The average molecular weight is 385 g/mol. The summed E-state index contributed by atoms with van der Waals surface area (Å²) in [4.78, 5) is 13.7. The number of hydrogen-bond donors (Lipinski definition) is 0. The zero-order chi connectivity index (χ0) is 19.6. The summed E-state index contributed by atoms with van der Waals surface area (Å²) in [7, 11) is 0. The van der Waals surface area contributed by atoms with Crippen molar-refractivity contribution in [3.8, 4) is 11.3 Å². The molecule has 0 aliphatic carbocycles. The molecule has 6 heteroatoms. The Labute approximate surface area is 169 Å². The lowest BCUT2D eigenvalue weighted by atomic mass is 10.1. The van der Waals surface area contributed by atoms with Gasteiger partial charge in [-0.1, -0.05) is 65.3 Å². The minimum Gasteiger partial charge on any atom is -0.353 e. The molecule has 29 heavy (non-hydrogen) atoms. The molecular formula is C23H23N5O. The van der Waals surface area contributed by atoms with Crippen LogP contribution in [0.2, 0.25) is 0 Å². The van der Waals surface area contributed by atoms with Crippen LogP contribution in [0.5, 0.6) is 0 Å². The number of rotatable bonds is 4. The van der Waals surface area contributed by atoms with Gasteiger partial charge in [0.15, 0.2) is 0 Å². The maximum atomic E-state index is 5.53. The van der Waals surface area contributed by atoms with Crippen molar-refractivity contribution in [1.82, 2.24) is 20.0 Å². The highest BCUT2D eigenvalue weighted by Crippen LogP contribution is 2.33. The molecule has 5 rings (SSSR count). The SMILES string of the molecule is Cc1ccc(-c2noc3ncnc(N4CCN(Cc5ccccc5)CC4)c23)cc1. The lowest BCUT2D eigenvalue weighted by Gasteiger charge is -2.35. The molecule has 3 heterocycles. The molecule has 1 aliphatic heterocycles. The topological polar surface area (TPSA) is 58.3 Å². The molecule has 0 saturated carbocycles. The molecule has 146 valence electrons. The second kappa shape index (κ2) is 7.64. The monoisotopic (exact) mass is 385 g/mol. The molecule has 1 saturated heterocycles. The third-order valence-corrected chi connectivity index (χ3v) is 5.50. The summed E-state index contributed by atoms with van der Waals surface area (Å²) in [6, 6.07) is 18.9. The Balaban J connectivity index is 1.39. The number of nitrogens with zero attached hydrogens (tertiary/aromatic N) is 5. The van der Waals surface area contributed by atoms with Gasteiger partial charge in [-0.3, -0.25) is 4.90 Å². The van der Waals surface area contributed by atoms with Crippen LogP contribution in [0, 0.1) is 6.92 Å². The van der Waals surface area contributed by atoms with Crippen LogP contribution in [0.25, 0.3) is 22.4 Å². The molecule has 1 aliphatic rings. The first-order valence-corrected chi connectivity index (χ1v) is 9.96. The maximum absolute atomic E-state index is 5.53.